The van der Waals surface area contributed by atoms with E-state index in [1.807, 2.05) is 50.6 Å². The fourth-order valence-corrected chi connectivity index (χ4v) is 3.64. The maximum atomic E-state index is 13.0. The lowest BCUT2D eigenvalue weighted by atomic mass is 9.90. The molecule has 4 rings (SSSR count). The van der Waals surface area contributed by atoms with Gasteiger partial charge in [-0.05, 0) is 47.4 Å². The molecule has 0 aliphatic carbocycles. The number of pyridine rings is 1. The fourth-order valence-electron chi connectivity index (χ4n) is 3.64. The number of aryl methyl sites for hydroxylation is 2. The highest BCUT2D eigenvalue weighted by Crippen LogP contribution is 2.30. The molecule has 3 heterocycles. The van der Waals surface area contributed by atoms with Gasteiger partial charge in [-0.25, -0.2) is 0 Å². The average Bonchev–Trinajstić information content (AvgIpc) is 3.33. The van der Waals surface area contributed by atoms with Crippen LogP contribution in [0, 0.1) is 12.8 Å². The van der Waals surface area contributed by atoms with Gasteiger partial charge in [-0.15, -0.1) is 0 Å². The Morgan fingerprint density at radius 3 is 2.74 bits per heavy atom. The maximum absolute atomic E-state index is 13.0. The summed E-state index contributed by atoms with van der Waals surface area (Å²) < 4.78 is 1.78. The topological polar surface area (TPSA) is 71.8 Å². The van der Waals surface area contributed by atoms with Crippen LogP contribution in [0.1, 0.15) is 17.0 Å². The summed E-state index contributed by atoms with van der Waals surface area (Å²) in [5.41, 5.74) is 5.14. The van der Waals surface area contributed by atoms with Crippen LogP contribution >= 0.6 is 0 Å². The summed E-state index contributed by atoms with van der Waals surface area (Å²) in [4.78, 5) is 17.1. The number of benzene rings is 1. The van der Waals surface area contributed by atoms with Crippen LogP contribution in [0.4, 0.5) is 5.69 Å². The Hall–Kier alpha value is -2.99. The van der Waals surface area contributed by atoms with Gasteiger partial charge in [0.05, 0.1) is 12.1 Å². The molecule has 27 heavy (non-hydrogen) atoms. The van der Waals surface area contributed by atoms with Crippen LogP contribution in [0.3, 0.4) is 0 Å². The Kier molecular flexibility index (Phi) is 4.73. The van der Waals surface area contributed by atoms with E-state index in [1.54, 1.807) is 17.1 Å². The molecule has 0 saturated carbocycles. The molecule has 1 aliphatic heterocycles. The van der Waals surface area contributed by atoms with E-state index >= 15 is 0 Å². The zero-order valence-corrected chi connectivity index (χ0v) is 15.5. The molecule has 1 aromatic carbocycles. The predicted molar refractivity (Wildman–Crippen MR) is 105 cm³/mol. The predicted octanol–water partition coefficient (Wildman–Crippen LogP) is 2.73. The number of hydrogen-bond donors (Lipinski definition) is 2. The van der Waals surface area contributed by atoms with Crippen molar-refractivity contribution in [1.29, 1.82) is 0 Å². The van der Waals surface area contributed by atoms with E-state index < -0.39 is 0 Å². The average molecular weight is 361 g/mol. The highest BCUT2D eigenvalue weighted by atomic mass is 16.2. The Balaban J connectivity index is 1.55. The zero-order valence-electron chi connectivity index (χ0n) is 15.5. The lowest BCUT2D eigenvalue weighted by molar-refractivity contribution is -0.119. The molecule has 2 aromatic heterocycles. The molecule has 0 radical (unpaired) electrons. The van der Waals surface area contributed by atoms with Gasteiger partial charge in [-0.3, -0.25) is 14.5 Å². The number of carbonyl (C=O) groups is 1. The summed E-state index contributed by atoms with van der Waals surface area (Å²) in [6.07, 6.45) is 7.40. The largest absolute Gasteiger partial charge is 0.326 e. The Morgan fingerprint density at radius 2 is 2.00 bits per heavy atom. The monoisotopic (exact) mass is 361 g/mol. The third-order valence-corrected chi connectivity index (χ3v) is 5.21. The number of rotatable bonds is 4. The summed E-state index contributed by atoms with van der Waals surface area (Å²) in [5, 5.41) is 10.7. The van der Waals surface area contributed by atoms with Crippen LogP contribution in [0.2, 0.25) is 0 Å². The first-order chi connectivity index (χ1) is 13.1. The second-order valence-corrected chi connectivity index (χ2v) is 7.07. The summed E-state index contributed by atoms with van der Waals surface area (Å²) in [7, 11) is 1.90. The standard InChI is InChI=1S/C21H23N5O/c1-14-3-4-16(15-5-7-22-8-6-15)9-20(14)25-21(27)19-12-23-11-18(19)17-10-24-26(2)13-17/h3-10,13,18-19,23H,11-12H2,1-2H3,(H,25,27)/t18-,19+/m1/s1. The lowest BCUT2D eigenvalue weighted by Crippen LogP contribution is -2.28. The molecule has 0 spiro atoms. The highest BCUT2D eigenvalue weighted by molar-refractivity contribution is 5.95. The molecule has 3 aromatic rings. The minimum atomic E-state index is -0.113. The van der Waals surface area contributed by atoms with Crippen molar-refractivity contribution in [3.05, 3.63) is 66.2 Å². The van der Waals surface area contributed by atoms with Gasteiger partial charge in [0, 0.05) is 50.3 Å². The van der Waals surface area contributed by atoms with E-state index in [0.29, 0.717) is 6.54 Å². The molecule has 1 amide bonds. The summed E-state index contributed by atoms with van der Waals surface area (Å²) >= 11 is 0. The summed E-state index contributed by atoms with van der Waals surface area (Å²) in [5.74, 6) is 0.0735. The van der Waals surface area contributed by atoms with Crippen LogP contribution in [0.25, 0.3) is 11.1 Å². The number of carbonyl (C=O) groups excluding carboxylic acids is 1. The van der Waals surface area contributed by atoms with E-state index in [0.717, 1.165) is 34.5 Å². The first-order valence-electron chi connectivity index (χ1n) is 9.13. The Bertz CT molecular complexity index is 950. The molecular formula is C21H23N5O. The molecule has 138 valence electrons. The van der Waals surface area contributed by atoms with E-state index in [9.17, 15) is 4.79 Å². The van der Waals surface area contributed by atoms with Gasteiger partial charge in [-0.1, -0.05) is 12.1 Å². The van der Waals surface area contributed by atoms with Crippen LogP contribution in [0.15, 0.2) is 55.1 Å². The number of anilines is 1. The summed E-state index contributed by atoms with van der Waals surface area (Å²) in [6, 6.07) is 10.1. The Labute approximate surface area is 158 Å². The van der Waals surface area contributed by atoms with Crippen LogP contribution in [0.5, 0.6) is 0 Å². The van der Waals surface area contributed by atoms with Gasteiger partial charge >= 0.3 is 0 Å². The lowest BCUT2D eigenvalue weighted by Gasteiger charge is -2.18. The molecule has 1 aliphatic rings. The van der Waals surface area contributed by atoms with Crippen molar-refractivity contribution in [3.8, 4) is 11.1 Å². The van der Waals surface area contributed by atoms with E-state index in [2.05, 4.69) is 26.8 Å². The molecule has 2 N–H and O–H groups in total. The third kappa shape index (κ3) is 3.61. The number of nitrogens with zero attached hydrogens (tertiary/aromatic N) is 3. The van der Waals surface area contributed by atoms with Crippen LogP contribution < -0.4 is 10.6 Å². The number of hydrogen-bond acceptors (Lipinski definition) is 4. The van der Waals surface area contributed by atoms with Gasteiger partial charge in [0.2, 0.25) is 5.91 Å². The van der Waals surface area contributed by atoms with Crippen molar-refractivity contribution in [2.45, 2.75) is 12.8 Å². The van der Waals surface area contributed by atoms with E-state index in [1.165, 1.54) is 0 Å². The van der Waals surface area contributed by atoms with Crippen molar-refractivity contribution >= 4 is 11.6 Å². The SMILES string of the molecule is Cc1ccc(-c2ccncc2)cc1NC(=O)[C@H]1CNC[C@@H]1c1cnn(C)c1. The normalized spacial score (nSPS) is 19.2. The molecule has 0 unspecified atom stereocenters. The molecule has 1 fully saturated rings. The third-order valence-electron chi connectivity index (χ3n) is 5.21. The van der Waals surface area contributed by atoms with Gasteiger partial charge < -0.3 is 10.6 Å². The highest BCUT2D eigenvalue weighted by Gasteiger charge is 2.34. The van der Waals surface area contributed by atoms with Crippen LogP contribution in [-0.4, -0.2) is 33.8 Å². The second kappa shape index (κ2) is 7.32. The first kappa shape index (κ1) is 17.4. The second-order valence-electron chi connectivity index (χ2n) is 7.07. The van der Waals surface area contributed by atoms with Gasteiger partial charge in [0.1, 0.15) is 0 Å². The molecule has 0 bridgehead atoms. The van der Waals surface area contributed by atoms with E-state index in [4.69, 9.17) is 0 Å². The van der Waals surface area contributed by atoms with Crippen molar-refractivity contribution in [2.75, 3.05) is 18.4 Å². The molecule has 1 saturated heterocycles. The van der Waals surface area contributed by atoms with Crippen molar-refractivity contribution < 1.29 is 4.79 Å². The molecule has 2 atom stereocenters. The van der Waals surface area contributed by atoms with Crippen LogP contribution in [-0.2, 0) is 11.8 Å². The van der Waals surface area contributed by atoms with Crippen molar-refractivity contribution in [1.82, 2.24) is 20.1 Å². The van der Waals surface area contributed by atoms with Gasteiger partial charge in [0.25, 0.3) is 0 Å². The first-order valence-corrected chi connectivity index (χ1v) is 9.13. The molecule has 6 heteroatoms. The fraction of sp³-hybridized carbons (Fsp3) is 0.286. The minimum absolute atomic E-state index is 0.0452. The number of aromatic nitrogens is 3. The minimum Gasteiger partial charge on any atom is -0.326 e. The maximum Gasteiger partial charge on any atom is 0.229 e. The number of amides is 1. The van der Waals surface area contributed by atoms with Gasteiger partial charge in [-0.2, -0.15) is 5.10 Å². The smallest absolute Gasteiger partial charge is 0.229 e. The van der Waals surface area contributed by atoms with Crippen molar-refractivity contribution in [3.63, 3.8) is 0 Å². The number of nitrogens with one attached hydrogen (secondary N) is 2. The zero-order chi connectivity index (χ0) is 18.8. The molecule has 6 nitrogen and oxygen atoms in total. The summed E-state index contributed by atoms with van der Waals surface area (Å²) in [6.45, 7) is 3.48. The Morgan fingerprint density at radius 1 is 1.19 bits per heavy atom. The van der Waals surface area contributed by atoms with E-state index in [-0.39, 0.29) is 17.7 Å². The van der Waals surface area contributed by atoms with Crippen molar-refractivity contribution in [2.24, 2.45) is 13.0 Å². The quantitative estimate of drug-likeness (QED) is 0.750. The molecular weight excluding hydrogens is 338 g/mol. The van der Waals surface area contributed by atoms with Gasteiger partial charge in [0.15, 0.2) is 0 Å².